The molecule has 1 spiro atoms. The van der Waals surface area contributed by atoms with Gasteiger partial charge in [0.15, 0.2) is 5.17 Å². The van der Waals surface area contributed by atoms with E-state index in [2.05, 4.69) is 36.5 Å². The molecule has 90 valence electrons. The van der Waals surface area contributed by atoms with Gasteiger partial charge in [0.1, 0.15) is 0 Å². The van der Waals surface area contributed by atoms with Crippen LogP contribution >= 0.6 is 11.8 Å². The van der Waals surface area contributed by atoms with E-state index in [-0.39, 0.29) is 5.54 Å². The Bertz CT molecular complexity index is 447. The number of nitrogens with zero attached hydrogens (tertiary/aromatic N) is 1. The average molecular weight is 246 g/mol. The van der Waals surface area contributed by atoms with E-state index in [1.54, 1.807) is 0 Å². The van der Waals surface area contributed by atoms with Gasteiger partial charge in [0, 0.05) is 11.4 Å². The van der Waals surface area contributed by atoms with Gasteiger partial charge >= 0.3 is 0 Å². The van der Waals surface area contributed by atoms with Gasteiger partial charge in [-0.1, -0.05) is 42.8 Å². The number of benzene rings is 1. The molecule has 1 aliphatic heterocycles. The van der Waals surface area contributed by atoms with Crippen molar-refractivity contribution in [2.75, 3.05) is 11.1 Å². The molecule has 3 heteroatoms. The quantitative estimate of drug-likeness (QED) is 0.814. The molecule has 0 saturated heterocycles. The molecule has 1 heterocycles. The standard InChI is InChI=1S/C14H18N2S/c1-11-6-2-3-7-12(11)15-13-16-14(10-17-13)8-4-5-9-14/h2-3,6-7H,4-5,8-10H2,1H3,(H,15,16). The highest BCUT2D eigenvalue weighted by atomic mass is 32.2. The molecule has 0 aromatic heterocycles. The van der Waals surface area contributed by atoms with Gasteiger partial charge in [-0.15, -0.1) is 0 Å². The second-order valence-corrected chi connectivity index (χ2v) is 6.04. The number of nitrogens with one attached hydrogen (secondary N) is 1. The Labute approximate surface area is 107 Å². The molecule has 1 fully saturated rings. The minimum atomic E-state index is 0.273. The van der Waals surface area contributed by atoms with Crippen LogP contribution in [0, 0.1) is 6.92 Å². The van der Waals surface area contributed by atoms with Crippen LogP contribution < -0.4 is 5.32 Å². The molecule has 1 saturated carbocycles. The van der Waals surface area contributed by atoms with Crippen molar-refractivity contribution in [1.29, 1.82) is 0 Å². The zero-order valence-electron chi connectivity index (χ0n) is 10.2. The summed E-state index contributed by atoms with van der Waals surface area (Å²) >= 11 is 1.88. The average Bonchev–Trinajstić information content (AvgIpc) is 2.94. The molecule has 1 aromatic rings. The highest BCUT2D eigenvalue weighted by Gasteiger charge is 2.38. The van der Waals surface area contributed by atoms with Crippen LogP contribution in [0.3, 0.4) is 0 Å². The maximum Gasteiger partial charge on any atom is 0.161 e. The Kier molecular flexibility index (Phi) is 2.87. The number of aryl methyl sites for hydroxylation is 1. The minimum absolute atomic E-state index is 0.273. The molecule has 2 aliphatic rings. The Morgan fingerprint density at radius 2 is 2.00 bits per heavy atom. The van der Waals surface area contributed by atoms with E-state index in [1.165, 1.54) is 42.7 Å². The number of aliphatic imine (C=N–C) groups is 1. The van der Waals surface area contributed by atoms with Crippen molar-refractivity contribution >= 4 is 22.6 Å². The highest BCUT2D eigenvalue weighted by Crippen LogP contribution is 2.41. The third-order valence-electron chi connectivity index (χ3n) is 3.74. The van der Waals surface area contributed by atoms with E-state index < -0.39 is 0 Å². The Morgan fingerprint density at radius 3 is 2.76 bits per heavy atom. The van der Waals surface area contributed by atoms with Crippen molar-refractivity contribution in [2.24, 2.45) is 4.99 Å². The lowest BCUT2D eigenvalue weighted by atomic mass is 10.0. The van der Waals surface area contributed by atoms with E-state index in [0.29, 0.717) is 0 Å². The molecule has 0 radical (unpaired) electrons. The van der Waals surface area contributed by atoms with Crippen LogP contribution in [-0.2, 0) is 0 Å². The summed E-state index contributed by atoms with van der Waals surface area (Å²) in [5.74, 6) is 1.17. The van der Waals surface area contributed by atoms with Crippen LogP contribution in [0.4, 0.5) is 5.69 Å². The van der Waals surface area contributed by atoms with Crippen LogP contribution in [0.25, 0.3) is 0 Å². The largest absolute Gasteiger partial charge is 0.335 e. The molecule has 0 atom stereocenters. The van der Waals surface area contributed by atoms with E-state index >= 15 is 0 Å². The fraction of sp³-hybridized carbons (Fsp3) is 0.500. The summed E-state index contributed by atoms with van der Waals surface area (Å²) < 4.78 is 0. The second-order valence-electron chi connectivity index (χ2n) is 5.08. The lowest BCUT2D eigenvalue weighted by Gasteiger charge is -2.16. The maximum atomic E-state index is 4.92. The van der Waals surface area contributed by atoms with Crippen molar-refractivity contribution in [3.63, 3.8) is 0 Å². The zero-order valence-corrected chi connectivity index (χ0v) is 11.0. The molecule has 0 amide bonds. The predicted molar refractivity (Wildman–Crippen MR) is 75.9 cm³/mol. The summed E-state index contributed by atoms with van der Waals surface area (Å²) in [6.07, 6.45) is 5.25. The molecule has 0 bridgehead atoms. The summed E-state index contributed by atoms with van der Waals surface area (Å²) in [5, 5.41) is 4.59. The Balaban J connectivity index is 1.77. The fourth-order valence-electron chi connectivity index (χ4n) is 2.66. The first kappa shape index (κ1) is 11.1. The van der Waals surface area contributed by atoms with E-state index in [4.69, 9.17) is 4.99 Å². The number of thioether (sulfide) groups is 1. The van der Waals surface area contributed by atoms with Crippen LogP contribution in [0.2, 0.25) is 0 Å². The second kappa shape index (κ2) is 4.37. The molecule has 3 rings (SSSR count). The zero-order chi connectivity index (χ0) is 11.7. The number of rotatable bonds is 1. The monoisotopic (exact) mass is 246 g/mol. The molecule has 17 heavy (non-hydrogen) atoms. The minimum Gasteiger partial charge on any atom is -0.335 e. The van der Waals surface area contributed by atoms with Gasteiger partial charge < -0.3 is 5.32 Å². The molecule has 2 nitrogen and oxygen atoms in total. The van der Waals surface area contributed by atoms with Crippen LogP contribution in [-0.4, -0.2) is 16.5 Å². The first-order valence-electron chi connectivity index (χ1n) is 6.33. The van der Waals surface area contributed by atoms with Crippen LogP contribution in [0.5, 0.6) is 0 Å². The molecular formula is C14H18N2S. The first-order chi connectivity index (χ1) is 8.27. The van der Waals surface area contributed by atoms with E-state index in [0.717, 1.165) is 5.17 Å². The molecule has 1 aromatic carbocycles. The first-order valence-corrected chi connectivity index (χ1v) is 7.31. The van der Waals surface area contributed by atoms with Gasteiger partial charge in [-0.25, -0.2) is 0 Å². The number of hydrogen-bond acceptors (Lipinski definition) is 3. The fourth-order valence-corrected chi connectivity index (χ4v) is 3.86. The van der Waals surface area contributed by atoms with E-state index in [1.807, 2.05) is 11.8 Å². The van der Waals surface area contributed by atoms with Crippen molar-refractivity contribution in [2.45, 2.75) is 38.1 Å². The molecule has 0 unspecified atom stereocenters. The molecular weight excluding hydrogens is 228 g/mol. The third-order valence-corrected chi connectivity index (χ3v) is 4.89. The van der Waals surface area contributed by atoms with Gasteiger partial charge in [-0.3, -0.25) is 4.99 Å². The Hall–Kier alpha value is -0.960. The number of amidine groups is 1. The van der Waals surface area contributed by atoms with Crippen molar-refractivity contribution < 1.29 is 0 Å². The lowest BCUT2D eigenvalue weighted by Crippen LogP contribution is -2.21. The Morgan fingerprint density at radius 1 is 1.24 bits per heavy atom. The van der Waals surface area contributed by atoms with E-state index in [9.17, 15) is 0 Å². The van der Waals surface area contributed by atoms with Crippen molar-refractivity contribution in [3.8, 4) is 0 Å². The maximum absolute atomic E-state index is 4.92. The molecule has 1 aliphatic carbocycles. The number of hydrogen-bond donors (Lipinski definition) is 1. The van der Waals surface area contributed by atoms with Gasteiger partial charge in [0.2, 0.25) is 0 Å². The number of para-hydroxylation sites is 1. The van der Waals surface area contributed by atoms with Crippen molar-refractivity contribution in [1.82, 2.24) is 0 Å². The topological polar surface area (TPSA) is 24.4 Å². The molecule has 1 N–H and O–H groups in total. The summed E-state index contributed by atoms with van der Waals surface area (Å²) in [6.45, 7) is 2.13. The summed E-state index contributed by atoms with van der Waals surface area (Å²) in [6, 6.07) is 8.40. The summed E-state index contributed by atoms with van der Waals surface area (Å²) in [5.41, 5.74) is 2.74. The summed E-state index contributed by atoms with van der Waals surface area (Å²) in [7, 11) is 0. The normalized spacial score (nSPS) is 21.8. The van der Waals surface area contributed by atoms with Gasteiger partial charge in [-0.2, -0.15) is 0 Å². The van der Waals surface area contributed by atoms with Crippen LogP contribution in [0.15, 0.2) is 29.3 Å². The highest BCUT2D eigenvalue weighted by molar-refractivity contribution is 8.14. The van der Waals surface area contributed by atoms with Crippen LogP contribution in [0.1, 0.15) is 31.2 Å². The summed E-state index contributed by atoms with van der Waals surface area (Å²) in [4.78, 5) is 4.92. The van der Waals surface area contributed by atoms with Gasteiger partial charge in [0.05, 0.1) is 5.54 Å². The third kappa shape index (κ3) is 2.21. The lowest BCUT2D eigenvalue weighted by molar-refractivity contribution is 0.508. The van der Waals surface area contributed by atoms with Gasteiger partial charge in [-0.05, 0) is 31.4 Å². The smallest absolute Gasteiger partial charge is 0.161 e. The van der Waals surface area contributed by atoms with Crippen molar-refractivity contribution in [3.05, 3.63) is 29.8 Å². The predicted octanol–water partition coefficient (Wildman–Crippen LogP) is 3.82. The van der Waals surface area contributed by atoms with Gasteiger partial charge in [0.25, 0.3) is 0 Å². The SMILES string of the molecule is Cc1ccccc1NC1=NC2(CCCC2)CS1. The number of anilines is 1.